The first kappa shape index (κ1) is 18.9. The Kier molecular flexibility index (Phi) is 5.36. The fraction of sp³-hybridized carbons (Fsp3) is 0.750. The van der Waals surface area contributed by atoms with E-state index >= 15 is 0 Å². The van der Waals surface area contributed by atoms with Crippen molar-refractivity contribution in [3.8, 4) is 0 Å². The maximum absolute atomic E-state index is 12.4. The summed E-state index contributed by atoms with van der Waals surface area (Å²) in [5, 5.41) is 8.88. The molecular formula is C20H30O4. The summed E-state index contributed by atoms with van der Waals surface area (Å²) in [5.74, 6) is -0.0332. The molecule has 0 bridgehead atoms. The molecule has 2 rings (SSSR count). The number of carbonyl (C=O) groups excluding carboxylic acids is 2. The van der Waals surface area contributed by atoms with Gasteiger partial charge in [0.15, 0.2) is 0 Å². The highest BCUT2D eigenvalue weighted by Crippen LogP contribution is 2.60. The summed E-state index contributed by atoms with van der Waals surface area (Å²) in [6, 6.07) is 0. The lowest BCUT2D eigenvalue weighted by Gasteiger charge is -2.58. The summed E-state index contributed by atoms with van der Waals surface area (Å²) in [5.41, 5.74) is 0.486. The number of hydrogen-bond acceptors (Lipinski definition) is 3. The summed E-state index contributed by atoms with van der Waals surface area (Å²) in [7, 11) is 0. The average Bonchev–Trinajstić information content (AvgIpc) is 2.48. The maximum Gasteiger partial charge on any atom is 0.328 e. The molecule has 0 spiro atoms. The van der Waals surface area contributed by atoms with Gasteiger partial charge >= 0.3 is 5.97 Å². The summed E-state index contributed by atoms with van der Waals surface area (Å²) in [6.07, 6.45) is 7.06. The normalized spacial score (nSPS) is 36.1. The molecule has 4 atom stereocenters. The highest BCUT2D eigenvalue weighted by Gasteiger charge is 2.57. The molecule has 2 saturated carbocycles. The van der Waals surface area contributed by atoms with Crippen LogP contribution in [0.25, 0.3) is 0 Å². The van der Waals surface area contributed by atoms with Crippen LogP contribution in [0.15, 0.2) is 11.6 Å². The van der Waals surface area contributed by atoms with Gasteiger partial charge in [0.2, 0.25) is 0 Å². The topological polar surface area (TPSA) is 71.4 Å². The van der Waals surface area contributed by atoms with Gasteiger partial charge in [0.05, 0.1) is 0 Å². The van der Waals surface area contributed by atoms with Crippen LogP contribution in [0.1, 0.15) is 66.2 Å². The second-order valence-corrected chi connectivity index (χ2v) is 8.55. The molecule has 134 valence electrons. The Morgan fingerprint density at radius 2 is 1.96 bits per heavy atom. The zero-order valence-electron chi connectivity index (χ0n) is 15.3. The van der Waals surface area contributed by atoms with Gasteiger partial charge in [-0.1, -0.05) is 26.3 Å². The van der Waals surface area contributed by atoms with E-state index in [1.807, 2.05) is 6.92 Å². The predicted octanol–water partition coefficient (Wildman–Crippen LogP) is 4.03. The van der Waals surface area contributed by atoms with Crippen LogP contribution in [0, 0.1) is 28.6 Å². The second kappa shape index (κ2) is 6.81. The van der Waals surface area contributed by atoms with E-state index < -0.39 is 5.97 Å². The molecule has 0 aromatic rings. The molecule has 0 aliphatic heterocycles. The van der Waals surface area contributed by atoms with Crippen molar-refractivity contribution in [3.05, 3.63) is 11.6 Å². The number of aliphatic carboxylic acids is 1. The van der Waals surface area contributed by atoms with Gasteiger partial charge in [0.1, 0.15) is 12.1 Å². The van der Waals surface area contributed by atoms with Gasteiger partial charge in [-0.3, -0.25) is 4.79 Å². The summed E-state index contributed by atoms with van der Waals surface area (Å²) < 4.78 is 0. The van der Waals surface area contributed by atoms with E-state index in [9.17, 15) is 14.4 Å². The minimum Gasteiger partial charge on any atom is -0.478 e. The van der Waals surface area contributed by atoms with Crippen LogP contribution < -0.4 is 0 Å². The number of carbonyl (C=O) groups is 3. The van der Waals surface area contributed by atoms with E-state index in [2.05, 4.69) is 20.8 Å². The molecular weight excluding hydrogens is 304 g/mol. The zero-order chi connectivity index (χ0) is 18.1. The number of carboxylic acids is 1. The van der Waals surface area contributed by atoms with E-state index in [0.717, 1.165) is 37.5 Å². The molecule has 0 heterocycles. The third-order valence-electron chi connectivity index (χ3n) is 6.82. The summed E-state index contributed by atoms with van der Waals surface area (Å²) in [6.45, 7) is 8.21. The zero-order valence-corrected chi connectivity index (χ0v) is 15.3. The van der Waals surface area contributed by atoms with Crippen LogP contribution in [-0.4, -0.2) is 23.1 Å². The van der Waals surface area contributed by atoms with Crippen molar-refractivity contribution < 1.29 is 19.5 Å². The van der Waals surface area contributed by atoms with Crippen LogP contribution in [0.4, 0.5) is 0 Å². The van der Waals surface area contributed by atoms with E-state index in [4.69, 9.17) is 5.11 Å². The smallest absolute Gasteiger partial charge is 0.328 e. The number of fused-ring (bicyclic) bond motifs is 1. The van der Waals surface area contributed by atoms with Crippen LogP contribution in [0.3, 0.4) is 0 Å². The maximum atomic E-state index is 12.4. The van der Waals surface area contributed by atoms with Gasteiger partial charge in [0.25, 0.3) is 0 Å². The van der Waals surface area contributed by atoms with Gasteiger partial charge in [0, 0.05) is 23.8 Å². The van der Waals surface area contributed by atoms with Crippen LogP contribution in [-0.2, 0) is 14.4 Å². The van der Waals surface area contributed by atoms with Crippen molar-refractivity contribution in [2.45, 2.75) is 66.2 Å². The highest BCUT2D eigenvalue weighted by atomic mass is 16.4. The lowest BCUT2D eigenvalue weighted by atomic mass is 9.45. The Hall–Kier alpha value is -1.45. The van der Waals surface area contributed by atoms with Crippen LogP contribution in [0.5, 0.6) is 0 Å². The lowest BCUT2D eigenvalue weighted by Crippen LogP contribution is -2.55. The molecule has 0 aromatic heterocycles. The number of allylic oxidation sites excluding steroid dienone is 1. The first-order valence-corrected chi connectivity index (χ1v) is 9.01. The summed E-state index contributed by atoms with van der Waals surface area (Å²) >= 11 is 0. The average molecular weight is 334 g/mol. The van der Waals surface area contributed by atoms with E-state index in [0.29, 0.717) is 24.5 Å². The Balaban J connectivity index is 2.26. The number of ketones is 1. The molecule has 4 heteroatoms. The molecule has 0 saturated heterocycles. The number of carboxylic acid groups (broad SMARTS) is 1. The molecule has 0 amide bonds. The largest absolute Gasteiger partial charge is 0.478 e. The Morgan fingerprint density at radius 3 is 2.54 bits per heavy atom. The van der Waals surface area contributed by atoms with Crippen LogP contribution in [0.2, 0.25) is 0 Å². The van der Waals surface area contributed by atoms with Gasteiger partial charge in [-0.05, 0) is 56.3 Å². The minimum atomic E-state index is -0.920. The predicted molar refractivity (Wildman–Crippen MR) is 92.5 cm³/mol. The quantitative estimate of drug-likeness (QED) is 0.608. The van der Waals surface area contributed by atoms with Crippen molar-refractivity contribution >= 4 is 18.0 Å². The molecule has 2 aliphatic rings. The first-order chi connectivity index (χ1) is 11.1. The molecule has 0 aromatic carbocycles. The number of aldehydes is 1. The molecule has 24 heavy (non-hydrogen) atoms. The lowest BCUT2D eigenvalue weighted by molar-refractivity contribution is -0.153. The first-order valence-electron chi connectivity index (χ1n) is 9.01. The van der Waals surface area contributed by atoms with Crippen molar-refractivity contribution in [2.75, 3.05) is 0 Å². The number of rotatable bonds is 5. The van der Waals surface area contributed by atoms with E-state index in [-0.39, 0.29) is 22.7 Å². The molecule has 2 fully saturated rings. The van der Waals surface area contributed by atoms with Crippen molar-refractivity contribution in [1.82, 2.24) is 0 Å². The molecule has 2 aliphatic carbocycles. The molecule has 4 nitrogen and oxygen atoms in total. The van der Waals surface area contributed by atoms with Gasteiger partial charge in [-0.25, -0.2) is 4.79 Å². The number of Topliss-reactive ketones (excluding diaryl/α,β-unsaturated/α-hetero) is 1. The van der Waals surface area contributed by atoms with Crippen molar-refractivity contribution in [2.24, 2.45) is 28.6 Å². The minimum absolute atomic E-state index is 0.0212. The van der Waals surface area contributed by atoms with E-state index in [1.54, 1.807) is 0 Å². The van der Waals surface area contributed by atoms with Gasteiger partial charge < -0.3 is 9.90 Å². The van der Waals surface area contributed by atoms with Crippen molar-refractivity contribution in [3.63, 3.8) is 0 Å². The SMILES string of the molecule is CC(=CC(=O)O)CCC1C(C=O)CCC2C(C)(C)C(=O)CCC12C. The highest BCUT2D eigenvalue weighted by molar-refractivity contribution is 5.85. The Bertz CT molecular complexity index is 560. The van der Waals surface area contributed by atoms with Crippen LogP contribution >= 0.6 is 0 Å². The number of hydrogen-bond donors (Lipinski definition) is 1. The van der Waals surface area contributed by atoms with Crippen molar-refractivity contribution in [1.29, 1.82) is 0 Å². The summed E-state index contributed by atoms with van der Waals surface area (Å²) in [4.78, 5) is 34.9. The van der Waals surface area contributed by atoms with E-state index in [1.165, 1.54) is 6.08 Å². The Labute approximate surface area is 144 Å². The molecule has 0 radical (unpaired) electrons. The third kappa shape index (κ3) is 3.33. The fourth-order valence-corrected chi connectivity index (χ4v) is 5.45. The second-order valence-electron chi connectivity index (χ2n) is 8.55. The van der Waals surface area contributed by atoms with Gasteiger partial charge in [-0.2, -0.15) is 0 Å². The monoisotopic (exact) mass is 334 g/mol. The Morgan fingerprint density at radius 1 is 1.29 bits per heavy atom. The molecule has 1 N–H and O–H groups in total. The standard InChI is InChI=1S/C20H30O4/c1-13(11-18(23)24)5-7-15-14(12-21)6-8-16-19(2,3)17(22)9-10-20(15,16)4/h11-12,14-16H,5-10H2,1-4H3,(H,23,24). The fourth-order valence-electron chi connectivity index (χ4n) is 5.45. The molecule has 4 unspecified atom stereocenters. The van der Waals surface area contributed by atoms with Gasteiger partial charge in [-0.15, -0.1) is 0 Å². The third-order valence-corrected chi connectivity index (χ3v) is 6.82.